The fraction of sp³-hybridized carbons (Fsp3) is 0.286. The second kappa shape index (κ2) is 11.7. The van der Waals surface area contributed by atoms with E-state index in [2.05, 4.69) is 25.6 Å². The third-order valence-electron chi connectivity index (χ3n) is 5.71. The Morgan fingerprint density at radius 2 is 1.74 bits per heavy atom. The van der Waals surface area contributed by atoms with Crippen LogP contribution in [0.5, 0.6) is 0 Å². The van der Waals surface area contributed by atoms with Crippen LogP contribution in [0.1, 0.15) is 27.2 Å². The third kappa shape index (κ3) is 7.26. The van der Waals surface area contributed by atoms with Gasteiger partial charge in [-0.05, 0) is 86.8 Å². The lowest BCUT2D eigenvalue weighted by molar-refractivity contribution is -0.118. The molecule has 3 aromatic heterocycles. The first-order valence-electron chi connectivity index (χ1n) is 12.3. The van der Waals surface area contributed by atoms with Crippen LogP contribution in [0.4, 0.5) is 15.0 Å². The van der Waals surface area contributed by atoms with Crippen molar-refractivity contribution in [1.29, 1.82) is 0 Å². The van der Waals surface area contributed by atoms with Crippen LogP contribution in [-0.2, 0) is 20.3 Å². The van der Waals surface area contributed by atoms with Crippen molar-refractivity contribution >= 4 is 39.7 Å². The Bertz CT molecular complexity index is 1500. The monoisotopic (exact) mass is 551 g/mol. The van der Waals surface area contributed by atoms with Crippen LogP contribution in [0.3, 0.4) is 0 Å². The molecule has 0 spiro atoms. The number of benzene rings is 1. The molecule has 0 saturated heterocycles. The summed E-state index contributed by atoms with van der Waals surface area (Å²) < 4.78 is 30.6. The Hall–Kier alpha value is -4.12. The molecule has 2 atom stereocenters. The molecule has 0 aliphatic rings. The van der Waals surface area contributed by atoms with E-state index >= 15 is 0 Å². The first-order valence-corrected chi connectivity index (χ1v) is 14.0. The van der Waals surface area contributed by atoms with E-state index in [0.717, 1.165) is 27.8 Å². The van der Waals surface area contributed by atoms with Crippen LogP contribution in [0, 0.1) is 5.82 Å². The van der Waals surface area contributed by atoms with Gasteiger partial charge in [-0.15, -0.1) is 0 Å². The highest BCUT2D eigenvalue weighted by Crippen LogP contribution is 2.38. The molecular formula is C28H30FN5O4S. The number of alkyl carbamates (subject to hydrolysis) is 1. The van der Waals surface area contributed by atoms with Crippen LogP contribution in [0.2, 0.25) is 0 Å². The molecular weight excluding hydrogens is 521 g/mol. The van der Waals surface area contributed by atoms with Crippen molar-refractivity contribution in [2.75, 3.05) is 17.3 Å². The van der Waals surface area contributed by atoms with E-state index < -0.39 is 34.4 Å². The summed E-state index contributed by atoms with van der Waals surface area (Å²) in [6, 6.07) is 12.4. The summed E-state index contributed by atoms with van der Waals surface area (Å²) in [5, 5.41) is 6.10. The van der Waals surface area contributed by atoms with Gasteiger partial charge in [-0.3, -0.25) is 14.0 Å². The number of pyridine rings is 2. The summed E-state index contributed by atoms with van der Waals surface area (Å²) in [6.07, 6.45) is 4.31. The van der Waals surface area contributed by atoms with Crippen molar-refractivity contribution < 1.29 is 22.9 Å². The molecule has 4 aromatic rings. The van der Waals surface area contributed by atoms with E-state index in [0.29, 0.717) is 5.65 Å². The van der Waals surface area contributed by atoms with Crippen molar-refractivity contribution in [1.82, 2.24) is 20.3 Å². The van der Waals surface area contributed by atoms with Crippen molar-refractivity contribution in [2.24, 2.45) is 0 Å². The lowest BCUT2D eigenvalue weighted by Crippen LogP contribution is -2.46. The predicted octanol–water partition coefficient (Wildman–Crippen LogP) is 5.03. The van der Waals surface area contributed by atoms with Gasteiger partial charge >= 0.3 is 6.09 Å². The Morgan fingerprint density at radius 1 is 1.05 bits per heavy atom. The summed E-state index contributed by atoms with van der Waals surface area (Å²) in [7, 11) is -1.16. The highest BCUT2D eigenvalue weighted by Gasteiger charge is 2.25. The minimum Gasteiger partial charge on any atom is -0.444 e. The molecule has 0 aliphatic heterocycles. The molecule has 2 amide bonds. The SMILES string of the molecule is CS(=O)CC[C@H](NC(=O)OC(C)(C)C)C(=O)Nc1ccc2c(-c3ccncc3)c(-c3ccc(F)cc3)[nH]c2n1. The molecule has 3 heterocycles. The molecule has 11 heteroatoms. The maximum Gasteiger partial charge on any atom is 0.408 e. The van der Waals surface area contributed by atoms with Crippen LogP contribution in [0.25, 0.3) is 33.4 Å². The Balaban J connectivity index is 1.65. The predicted molar refractivity (Wildman–Crippen MR) is 150 cm³/mol. The quantitative estimate of drug-likeness (QED) is 0.282. The van der Waals surface area contributed by atoms with Gasteiger partial charge in [-0.2, -0.15) is 0 Å². The first kappa shape index (κ1) is 27.9. The van der Waals surface area contributed by atoms with Crippen LogP contribution >= 0.6 is 0 Å². The van der Waals surface area contributed by atoms with Gasteiger partial charge in [0.15, 0.2) is 0 Å². The minimum atomic E-state index is -1.16. The molecule has 0 fully saturated rings. The Morgan fingerprint density at radius 3 is 2.38 bits per heavy atom. The van der Waals surface area contributed by atoms with Crippen molar-refractivity contribution in [2.45, 2.75) is 38.8 Å². The number of carbonyl (C=O) groups excluding carboxylic acids is 2. The number of amides is 2. The number of carbonyl (C=O) groups is 2. The molecule has 1 aromatic carbocycles. The van der Waals surface area contributed by atoms with E-state index in [1.807, 2.05) is 18.2 Å². The number of hydrogen-bond donors (Lipinski definition) is 3. The molecule has 1 unspecified atom stereocenters. The standard InChI is InChI=1S/C28H30FN5O4S/c1-28(2,3)38-27(36)31-21(13-16-39(4)37)26(35)33-22-10-9-20-23(17-11-14-30-15-12-17)24(34-25(20)32-22)18-5-7-19(29)8-6-18/h5-12,14-15,21H,13,16H2,1-4H3,(H,31,36)(H2,32,33,34,35)/t21-,39?/m0/s1. The number of H-pyrrole nitrogens is 1. The molecule has 0 saturated carbocycles. The fourth-order valence-electron chi connectivity index (χ4n) is 4.01. The zero-order valence-electron chi connectivity index (χ0n) is 22.1. The molecule has 4 rings (SSSR count). The molecule has 0 radical (unpaired) electrons. The number of ether oxygens (including phenoxy) is 1. The Kier molecular flexibility index (Phi) is 8.39. The number of hydrogen-bond acceptors (Lipinski definition) is 6. The maximum absolute atomic E-state index is 13.6. The highest BCUT2D eigenvalue weighted by molar-refractivity contribution is 7.84. The molecule has 0 bridgehead atoms. The highest BCUT2D eigenvalue weighted by atomic mass is 32.2. The number of halogens is 1. The topological polar surface area (TPSA) is 126 Å². The first-order chi connectivity index (χ1) is 18.5. The van der Waals surface area contributed by atoms with Gasteiger partial charge in [0.1, 0.15) is 28.9 Å². The van der Waals surface area contributed by atoms with Gasteiger partial charge in [-0.25, -0.2) is 14.2 Å². The second-order valence-electron chi connectivity index (χ2n) is 9.96. The lowest BCUT2D eigenvalue weighted by atomic mass is 10.00. The molecule has 9 nitrogen and oxygen atoms in total. The van der Waals surface area contributed by atoms with Crippen molar-refractivity contribution in [3.05, 3.63) is 66.7 Å². The number of aromatic amines is 1. The smallest absolute Gasteiger partial charge is 0.408 e. The molecule has 3 N–H and O–H groups in total. The summed E-state index contributed by atoms with van der Waals surface area (Å²) in [6.45, 7) is 5.16. The van der Waals surface area contributed by atoms with E-state index in [4.69, 9.17) is 4.74 Å². The van der Waals surface area contributed by atoms with E-state index in [1.54, 1.807) is 51.4 Å². The van der Waals surface area contributed by atoms with E-state index in [1.165, 1.54) is 18.4 Å². The number of rotatable bonds is 8. The molecule has 0 aliphatic carbocycles. The molecule has 39 heavy (non-hydrogen) atoms. The fourth-order valence-corrected chi connectivity index (χ4v) is 4.58. The third-order valence-corrected chi connectivity index (χ3v) is 6.52. The number of anilines is 1. The zero-order valence-corrected chi connectivity index (χ0v) is 22.9. The summed E-state index contributed by atoms with van der Waals surface area (Å²) >= 11 is 0. The number of fused-ring (bicyclic) bond motifs is 1. The van der Waals surface area contributed by atoms with Crippen LogP contribution in [0.15, 0.2) is 60.9 Å². The van der Waals surface area contributed by atoms with Gasteiger partial charge in [0.2, 0.25) is 5.91 Å². The number of nitrogens with zero attached hydrogens (tertiary/aromatic N) is 2. The van der Waals surface area contributed by atoms with Crippen LogP contribution in [-0.4, -0.2) is 54.8 Å². The lowest BCUT2D eigenvalue weighted by Gasteiger charge is -2.23. The van der Waals surface area contributed by atoms with E-state index in [-0.39, 0.29) is 23.8 Å². The maximum atomic E-state index is 13.6. The second-order valence-corrected chi connectivity index (χ2v) is 11.5. The summed E-state index contributed by atoms with van der Waals surface area (Å²) in [5.41, 5.74) is 3.02. The normalized spacial score (nSPS) is 13.1. The molecule has 204 valence electrons. The largest absolute Gasteiger partial charge is 0.444 e. The Labute approximate surface area is 228 Å². The average molecular weight is 552 g/mol. The van der Waals surface area contributed by atoms with E-state index in [9.17, 15) is 18.2 Å². The van der Waals surface area contributed by atoms with Gasteiger partial charge in [0.25, 0.3) is 0 Å². The van der Waals surface area contributed by atoms with Crippen molar-refractivity contribution in [3.63, 3.8) is 0 Å². The summed E-state index contributed by atoms with van der Waals surface area (Å²) in [4.78, 5) is 37.5. The van der Waals surface area contributed by atoms with Gasteiger partial charge in [0.05, 0.1) is 5.69 Å². The van der Waals surface area contributed by atoms with Crippen molar-refractivity contribution in [3.8, 4) is 22.4 Å². The number of aromatic nitrogens is 3. The number of nitrogens with one attached hydrogen (secondary N) is 3. The zero-order chi connectivity index (χ0) is 28.2. The van der Waals surface area contributed by atoms with Crippen LogP contribution < -0.4 is 10.6 Å². The summed E-state index contributed by atoms with van der Waals surface area (Å²) in [5.74, 6) is -0.384. The average Bonchev–Trinajstić information content (AvgIpc) is 3.25. The van der Waals surface area contributed by atoms with Gasteiger partial charge in [0, 0.05) is 46.2 Å². The van der Waals surface area contributed by atoms with Gasteiger partial charge < -0.3 is 20.4 Å². The minimum absolute atomic E-state index is 0.153. The van der Waals surface area contributed by atoms with Gasteiger partial charge in [-0.1, -0.05) is 0 Å².